The SMILES string of the molecule is FC(F)(F)Oc1ccc(-n2nc(-c3cccc(Cl)c3)c3c2NCC3)cc1. The molecule has 1 N–H and O–H groups in total. The molecule has 3 aromatic rings. The third-order valence-electron chi connectivity index (χ3n) is 4.06. The predicted molar refractivity (Wildman–Crippen MR) is 92.9 cm³/mol. The Labute approximate surface area is 152 Å². The number of halogens is 4. The van der Waals surface area contributed by atoms with E-state index in [4.69, 9.17) is 11.6 Å². The van der Waals surface area contributed by atoms with Crippen molar-refractivity contribution in [3.05, 3.63) is 59.1 Å². The van der Waals surface area contributed by atoms with Gasteiger partial charge in [0, 0.05) is 22.7 Å². The molecule has 0 atom stereocenters. The van der Waals surface area contributed by atoms with Crippen molar-refractivity contribution in [2.24, 2.45) is 0 Å². The first-order valence-electron chi connectivity index (χ1n) is 7.88. The van der Waals surface area contributed by atoms with E-state index in [2.05, 4.69) is 15.2 Å². The molecule has 1 aliphatic rings. The maximum Gasteiger partial charge on any atom is 0.573 e. The lowest BCUT2D eigenvalue weighted by molar-refractivity contribution is -0.274. The van der Waals surface area contributed by atoms with Crippen molar-refractivity contribution in [2.75, 3.05) is 11.9 Å². The van der Waals surface area contributed by atoms with Gasteiger partial charge in [-0.25, -0.2) is 4.68 Å². The largest absolute Gasteiger partial charge is 0.573 e. The fourth-order valence-corrected chi connectivity index (χ4v) is 3.21. The molecule has 1 aliphatic heterocycles. The van der Waals surface area contributed by atoms with E-state index in [1.807, 2.05) is 18.2 Å². The molecule has 8 heteroatoms. The summed E-state index contributed by atoms with van der Waals surface area (Å²) in [6.45, 7) is 0.774. The lowest BCUT2D eigenvalue weighted by Gasteiger charge is -2.10. The van der Waals surface area contributed by atoms with Crippen molar-refractivity contribution >= 4 is 17.4 Å². The van der Waals surface area contributed by atoms with Crippen molar-refractivity contribution in [1.82, 2.24) is 9.78 Å². The third-order valence-corrected chi connectivity index (χ3v) is 4.30. The summed E-state index contributed by atoms with van der Waals surface area (Å²) in [7, 11) is 0. The molecule has 0 fully saturated rings. The third kappa shape index (κ3) is 3.22. The number of ether oxygens (including phenoxy) is 1. The van der Waals surface area contributed by atoms with Crippen LogP contribution in [0, 0.1) is 0 Å². The van der Waals surface area contributed by atoms with E-state index in [1.165, 1.54) is 24.3 Å². The van der Waals surface area contributed by atoms with Gasteiger partial charge in [-0.2, -0.15) is 5.10 Å². The van der Waals surface area contributed by atoms with E-state index in [0.717, 1.165) is 35.6 Å². The van der Waals surface area contributed by atoms with Crippen LogP contribution in [0.5, 0.6) is 5.75 Å². The smallest absolute Gasteiger partial charge is 0.406 e. The number of benzene rings is 2. The van der Waals surface area contributed by atoms with Gasteiger partial charge in [-0.05, 0) is 42.8 Å². The summed E-state index contributed by atoms with van der Waals surface area (Å²) in [5.41, 5.74) is 3.40. The minimum absolute atomic E-state index is 0.270. The normalized spacial score (nSPS) is 13.4. The van der Waals surface area contributed by atoms with Gasteiger partial charge in [-0.1, -0.05) is 23.7 Å². The van der Waals surface area contributed by atoms with Gasteiger partial charge in [-0.3, -0.25) is 0 Å². The number of nitrogens with one attached hydrogen (secondary N) is 1. The zero-order valence-corrected chi connectivity index (χ0v) is 14.1. The lowest BCUT2D eigenvalue weighted by atomic mass is 10.1. The Morgan fingerprint density at radius 1 is 1.12 bits per heavy atom. The highest BCUT2D eigenvalue weighted by Crippen LogP contribution is 2.35. The Balaban J connectivity index is 1.73. The second-order valence-corrected chi connectivity index (χ2v) is 6.25. The van der Waals surface area contributed by atoms with Crippen LogP contribution in [0.2, 0.25) is 5.02 Å². The summed E-state index contributed by atoms with van der Waals surface area (Å²) >= 11 is 6.08. The molecule has 4 nitrogen and oxygen atoms in total. The number of rotatable bonds is 3. The molecule has 2 aromatic carbocycles. The van der Waals surface area contributed by atoms with Crippen LogP contribution in [-0.4, -0.2) is 22.7 Å². The first kappa shape index (κ1) is 16.8. The summed E-state index contributed by atoms with van der Waals surface area (Å²) < 4.78 is 42.5. The van der Waals surface area contributed by atoms with E-state index >= 15 is 0 Å². The highest BCUT2D eigenvalue weighted by Gasteiger charge is 2.31. The van der Waals surface area contributed by atoms with E-state index in [9.17, 15) is 13.2 Å². The minimum atomic E-state index is -4.71. The highest BCUT2D eigenvalue weighted by molar-refractivity contribution is 6.30. The van der Waals surface area contributed by atoms with Crippen LogP contribution in [0.3, 0.4) is 0 Å². The Bertz CT molecular complexity index is 951. The molecule has 2 heterocycles. The van der Waals surface area contributed by atoms with Crippen LogP contribution in [0.25, 0.3) is 16.9 Å². The zero-order chi connectivity index (χ0) is 18.3. The number of alkyl halides is 3. The van der Waals surface area contributed by atoms with Gasteiger partial charge in [0.2, 0.25) is 0 Å². The van der Waals surface area contributed by atoms with Crippen molar-refractivity contribution in [3.8, 4) is 22.7 Å². The fraction of sp³-hybridized carbons (Fsp3) is 0.167. The fourth-order valence-electron chi connectivity index (χ4n) is 3.02. The predicted octanol–water partition coefficient (Wildman–Crippen LogP) is 5.06. The molecule has 134 valence electrons. The molecule has 1 aromatic heterocycles. The quantitative estimate of drug-likeness (QED) is 0.691. The maximum absolute atomic E-state index is 12.3. The number of anilines is 1. The van der Waals surface area contributed by atoms with E-state index in [1.54, 1.807) is 10.7 Å². The summed E-state index contributed by atoms with van der Waals surface area (Å²) in [5, 5.41) is 8.55. The Morgan fingerprint density at radius 2 is 1.88 bits per heavy atom. The molecule has 0 spiro atoms. The minimum Gasteiger partial charge on any atom is -0.406 e. The average Bonchev–Trinajstić information content (AvgIpc) is 3.16. The molecule has 0 saturated heterocycles. The molecular weight excluding hydrogens is 367 g/mol. The van der Waals surface area contributed by atoms with Gasteiger partial charge < -0.3 is 10.1 Å². The van der Waals surface area contributed by atoms with Crippen molar-refractivity contribution in [3.63, 3.8) is 0 Å². The zero-order valence-electron chi connectivity index (χ0n) is 13.3. The average molecular weight is 380 g/mol. The van der Waals surface area contributed by atoms with Crippen LogP contribution in [0.15, 0.2) is 48.5 Å². The van der Waals surface area contributed by atoms with Crippen LogP contribution in [0.4, 0.5) is 19.0 Å². The number of fused-ring (bicyclic) bond motifs is 1. The van der Waals surface area contributed by atoms with Crippen LogP contribution < -0.4 is 10.1 Å². The Morgan fingerprint density at radius 3 is 2.58 bits per heavy atom. The van der Waals surface area contributed by atoms with E-state index in [0.29, 0.717) is 10.7 Å². The second kappa shape index (κ2) is 6.25. The molecule has 0 bridgehead atoms. The highest BCUT2D eigenvalue weighted by atomic mass is 35.5. The topological polar surface area (TPSA) is 39.1 Å². The van der Waals surface area contributed by atoms with Crippen LogP contribution in [0.1, 0.15) is 5.56 Å². The molecule has 26 heavy (non-hydrogen) atoms. The lowest BCUT2D eigenvalue weighted by Crippen LogP contribution is -2.17. The molecule has 4 rings (SSSR count). The van der Waals surface area contributed by atoms with Crippen LogP contribution >= 0.6 is 11.6 Å². The van der Waals surface area contributed by atoms with Crippen molar-refractivity contribution in [1.29, 1.82) is 0 Å². The molecule has 0 unspecified atom stereocenters. The van der Waals surface area contributed by atoms with E-state index in [-0.39, 0.29) is 5.75 Å². The Kier molecular flexibility index (Phi) is 4.03. The molecule has 0 radical (unpaired) electrons. The summed E-state index contributed by atoms with van der Waals surface area (Å²) in [6.07, 6.45) is -3.90. The summed E-state index contributed by atoms with van der Waals surface area (Å²) in [5.74, 6) is 0.567. The van der Waals surface area contributed by atoms with Gasteiger partial charge in [-0.15, -0.1) is 13.2 Å². The number of hydrogen-bond acceptors (Lipinski definition) is 3. The summed E-state index contributed by atoms with van der Waals surface area (Å²) in [6, 6.07) is 13.0. The van der Waals surface area contributed by atoms with Gasteiger partial charge in [0.05, 0.1) is 11.4 Å². The second-order valence-electron chi connectivity index (χ2n) is 5.82. The van der Waals surface area contributed by atoms with Gasteiger partial charge >= 0.3 is 6.36 Å². The van der Waals surface area contributed by atoms with Gasteiger partial charge in [0.25, 0.3) is 0 Å². The number of nitrogens with zero attached hydrogens (tertiary/aromatic N) is 2. The van der Waals surface area contributed by atoms with Crippen LogP contribution in [-0.2, 0) is 6.42 Å². The molecular formula is C18H13ClF3N3O. The van der Waals surface area contributed by atoms with E-state index < -0.39 is 6.36 Å². The first-order valence-corrected chi connectivity index (χ1v) is 8.26. The monoisotopic (exact) mass is 379 g/mol. The van der Waals surface area contributed by atoms with Gasteiger partial charge in [0.1, 0.15) is 11.6 Å². The summed E-state index contributed by atoms with van der Waals surface area (Å²) in [4.78, 5) is 0. The molecule has 0 saturated carbocycles. The number of hydrogen-bond donors (Lipinski definition) is 1. The van der Waals surface area contributed by atoms with Gasteiger partial charge in [0.15, 0.2) is 0 Å². The number of aromatic nitrogens is 2. The standard InChI is InChI=1S/C18H13ClF3N3O/c19-12-3-1-2-11(10-12)16-15-8-9-23-17(15)25(24-16)13-4-6-14(7-5-13)26-18(20,21)22/h1-7,10,23H,8-9H2. The maximum atomic E-state index is 12.3. The first-order chi connectivity index (χ1) is 12.4. The van der Waals surface area contributed by atoms with Crippen molar-refractivity contribution in [2.45, 2.75) is 12.8 Å². The van der Waals surface area contributed by atoms with Crippen molar-refractivity contribution < 1.29 is 17.9 Å². The molecule has 0 amide bonds. The Hall–Kier alpha value is -2.67. The molecule has 0 aliphatic carbocycles.